The second kappa shape index (κ2) is 4.94. The zero-order valence-corrected chi connectivity index (χ0v) is 11.4. The van der Waals surface area contributed by atoms with Crippen LogP contribution < -0.4 is 10.5 Å². The normalized spacial score (nSPS) is 10.3. The number of anilines is 1. The van der Waals surface area contributed by atoms with Crippen LogP contribution in [-0.2, 0) is 0 Å². The van der Waals surface area contributed by atoms with E-state index >= 15 is 0 Å². The number of aryl methyl sites for hydroxylation is 1. The third-order valence-corrected chi connectivity index (χ3v) is 3.04. The van der Waals surface area contributed by atoms with E-state index in [0.29, 0.717) is 22.3 Å². The molecule has 1 aromatic carbocycles. The van der Waals surface area contributed by atoms with Crippen molar-refractivity contribution in [2.24, 2.45) is 0 Å². The minimum atomic E-state index is 0.469. The minimum absolute atomic E-state index is 0.469. The van der Waals surface area contributed by atoms with Crippen molar-refractivity contribution >= 4 is 33.2 Å². The second-order valence-electron chi connectivity index (χ2n) is 3.56. The molecule has 17 heavy (non-hydrogen) atoms. The molecule has 2 N–H and O–H groups in total. The molecule has 0 fully saturated rings. The lowest BCUT2D eigenvalue weighted by Gasteiger charge is -2.08. The Morgan fingerprint density at radius 2 is 2.12 bits per heavy atom. The summed E-state index contributed by atoms with van der Waals surface area (Å²) in [5.41, 5.74) is 7.24. The van der Waals surface area contributed by atoms with Gasteiger partial charge in [0.15, 0.2) is 0 Å². The number of rotatable bonds is 2. The monoisotopic (exact) mass is 312 g/mol. The molecule has 2 aromatic rings. The number of hydrogen-bond acceptors (Lipinski definition) is 3. The Morgan fingerprint density at radius 3 is 2.82 bits per heavy atom. The van der Waals surface area contributed by atoms with Gasteiger partial charge < -0.3 is 10.5 Å². The lowest BCUT2D eigenvalue weighted by Crippen LogP contribution is -1.94. The van der Waals surface area contributed by atoms with Crippen LogP contribution in [0.25, 0.3) is 0 Å². The number of pyridine rings is 1. The van der Waals surface area contributed by atoms with E-state index in [0.717, 1.165) is 10.0 Å². The van der Waals surface area contributed by atoms with Gasteiger partial charge in [0.1, 0.15) is 5.75 Å². The lowest BCUT2D eigenvalue weighted by molar-refractivity contribution is 0.462. The molecule has 0 radical (unpaired) electrons. The van der Waals surface area contributed by atoms with E-state index in [1.54, 1.807) is 24.4 Å². The molecule has 0 unspecified atom stereocenters. The first-order valence-corrected chi connectivity index (χ1v) is 6.08. The minimum Gasteiger partial charge on any atom is -0.437 e. The van der Waals surface area contributed by atoms with E-state index in [9.17, 15) is 0 Å². The van der Waals surface area contributed by atoms with Crippen LogP contribution >= 0.6 is 27.5 Å². The third-order valence-electron chi connectivity index (χ3n) is 2.23. The van der Waals surface area contributed by atoms with Crippen molar-refractivity contribution < 1.29 is 4.74 Å². The van der Waals surface area contributed by atoms with Crippen molar-refractivity contribution in [1.82, 2.24) is 4.98 Å². The van der Waals surface area contributed by atoms with E-state index in [1.165, 1.54) is 0 Å². The van der Waals surface area contributed by atoms with Gasteiger partial charge in [-0.05, 0) is 30.7 Å². The number of aromatic nitrogens is 1. The van der Waals surface area contributed by atoms with Crippen LogP contribution in [0.5, 0.6) is 11.6 Å². The third kappa shape index (κ3) is 2.90. The van der Waals surface area contributed by atoms with Crippen molar-refractivity contribution in [3.05, 3.63) is 45.5 Å². The topological polar surface area (TPSA) is 48.1 Å². The summed E-state index contributed by atoms with van der Waals surface area (Å²) in [4.78, 5) is 4.08. The molecule has 1 aromatic heterocycles. The average Bonchev–Trinajstić information content (AvgIpc) is 2.29. The zero-order chi connectivity index (χ0) is 12.4. The molecule has 2 rings (SSSR count). The SMILES string of the molecule is Cc1cc(Oc2cc(Br)ccc2Cl)ncc1N. The first-order valence-electron chi connectivity index (χ1n) is 4.91. The second-order valence-corrected chi connectivity index (χ2v) is 4.88. The standard InChI is InChI=1S/C12H10BrClN2O/c1-7-4-12(16-6-10(7)15)17-11-5-8(13)2-3-9(11)14/h2-6H,15H2,1H3. The molecule has 0 atom stereocenters. The van der Waals surface area contributed by atoms with Gasteiger partial charge in [0.2, 0.25) is 5.88 Å². The number of nitrogens with two attached hydrogens (primary N) is 1. The molecule has 3 nitrogen and oxygen atoms in total. The number of benzene rings is 1. The van der Waals surface area contributed by atoms with Gasteiger partial charge in [-0.15, -0.1) is 0 Å². The van der Waals surface area contributed by atoms with E-state index < -0.39 is 0 Å². The molecule has 88 valence electrons. The maximum Gasteiger partial charge on any atom is 0.219 e. The van der Waals surface area contributed by atoms with Gasteiger partial charge in [-0.2, -0.15) is 0 Å². The van der Waals surface area contributed by atoms with E-state index in [1.807, 2.05) is 13.0 Å². The van der Waals surface area contributed by atoms with Crippen molar-refractivity contribution in [3.8, 4) is 11.6 Å². The first-order chi connectivity index (χ1) is 8.06. The molecule has 0 aliphatic rings. The fourth-order valence-electron chi connectivity index (χ4n) is 1.26. The quantitative estimate of drug-likeness (QED) is 0.904. The molecule has 0 aliphatic heterocycles. The predicted octanol–water partition coefficient (Wildman–Crippen LogP) is 4.18. The number of hydrogen-bond donors (Lipinski definition) is 1. The maximum absolute atomic E-state index is 6.02. The predicted molar refractivity (Wildman–Crippen MR) is 72.6 cm³/mol. The Kier molecular flexibility index (Phi) is 3.54. The van der Waals surface area contributed by atoms with Crippen LogP contribution in [0.4, 0.5) is 5.69 Å². The van der Waals surface area contributed by atoms with Crippen LogP contribution in [-0.4, -0.2) is 4.98 Å². The van der Waals surface area contributed by atoms with Gasteiger partial charge in [0.05, 0.1) is 16.9 Å². The Bertz CT molecular complexity index is 560. The van der Waals surface area contributed by atoms with Crippen molar-refractivity contribution in [2.45, 2.75) is 6.92 Å². The summed E-state index contributed by atoms with van der Waals surface area (Å²) in [5, 5.41) is 0.532. The summed E-state index contributed by atoms with van der Waals surface area (Å²) < 4.78 is 6.49. The number of nitrogens with zero attached hydrogens (tertiary/aromatic N) is 1. The number of halogens is 2. The Morgan fingerprint density at radius 1 is 1.35 bits per heavy atom. The van der Waals surface area contributed by atoms with Crippen LogP contribution in [0, 0.1) is 6.92 Å². The summed E-state index contributed by atoms with van der Waals surface area (Å²) in [6.45, 7) is 1.90. The van der Waals surface area contributed by atoms with E-state index in [4.69, 9.17) is 22.1 Å². The number of ether oxygens (including phenoxy) is 1. The highest BCUT2D eigenvalue weighted by atomic mass is 79.9. The van der Waals surface area contributed by atoms with Crippen LogP contribution in [0.15, 0.2) is 34.9 Å². The van der Waals surface area contributed by atoms with Gasteiger partial charge in [0, 0.05) is 10.5 Å². The summed E-state index contributed by atoms with van der Waals surface area (Å²) in [5.74, 6) is 1.02. The lowest BCUT2D eigenvalue weighted by atomic mass is 10.2. The Balaban J connectivity index is 2.31. The van der Waals surface area contributed by atoms with Crippen molar-refractivity contribution in [1.29, 1.82) is 0 Å². The van der Waals surface area contributed by atoms with Gasteiger partial charge in [-0.1, -0.05) is 27.5 Å². The summed E-state index contributed by atoms with van der Waals surface area (Å²) in [7, 11) is 0. The molecule has 1 heterocycles. The Hall–Kier alpha value is -1.26. The zero-order valence-electron chi connectivity index (χ0n) is 9.08. The molecular formula is C12H10BrClN2O. The molecule has 0 bridgehead atoms. The van der Waals surface area contributed by atoms with Crippen molar-refractivity contribution in [3.63, 3.8) is 0 Å². The van der Waals surface area contributed by atoms with Crippen LogP contribution in [0.3, 0.4) is 0 Å². The molecule has 0 aliphatic carbocycles. The molecule has 0 saturated heterocycles. The summed E-state index contributed by atoms with van der Waals surface area (Å²) in [6, 6.07) is 7.16. The van der Waals surface area contributed by atoms with Gasteiger partial charge in [-0.25, -0.2) is 4.98 Å². The summed E-state index contributed by atoms with van der Waals surface area (Å²) in [6.07, 6.45) is 1.57. The fourth-order valence-corrected chi connectivity index (χ4v) is 1.76. The highest BCUT2D eigenvalue weighted by Crippen LogP contribution is 2.31. The van der Waals surface area contributed by atoms with Crippen LogP contribution in [0.2, 0.25) is 5.02 Å². The van der Waals surface area contributed by atoms with E-state index in [-0.39, 0.29) is 0 Å². The molecule has 0 amide bonds. The first kappa shape index (κ1) is 12.2. The fraction of sp³-hybridized carbons (Fsp3) is 0.0833. The average molecular weight is 314 g/mol. The van der Waals surface area contributed by atoms with Crippen LogP contribution in [0.1, 0.15) is 5.56 Å². The van der Waals surface area contributed by atoms with Crippen molar-refractivity contribution in [2.75, 3.05) is 5.73 Å². The Labute approximate surface area is 113 Å². The molecular weight excluding hydrogens is 304 g/mol. The highest BCUT2D eigenvalue weighted by molar-refractivity contribution is 9.10. The molecule has 5 heteroatoms. The smallest absolute Gasteiger partial charge is 0.219 e. The maximum atomic E-state index is 6.02. The summed E-state index contributed by atoms with van der Waals surface area (Å²) >= 11 is 9.38. The van der Waals surface area contributed by atoms with Gasteiger partial charge >= 0.3 is 0 Å². The van der Waals surface area contributed by atoms with E-state index in [2.05, 4.69) is 20.9 Å². The molecule has 0 spiro atoms. The highest BCUT2D eigenvalue weighted by Gasteiger charge is 2.06. The molecule has 0 saturated carbocycles. The van der Waals surface area contributed by atoms with Gasteiger partial charge in [0.25, 0.3) is 0 Å². The largest absolute Gasteiger partial charge is 0.437 e. The van der Waals surface area contributed by atoms with Gasteiger partial charge in [-0.3, -0.25) is 0 Å². The number of nitrogen functional groups attached to an aromatic ring is 1.